The van der Waals surface area contributed by atoms with E-state index in [9.17, 15) is 13.7 Å². The summed E-state index contributed by atoms with van der Waals surface area (Å²) in [5, 5.41) is 10.9. The second-order valence-corrected chi connectivity index (χ2v) is 10.1. The highest BCUT2D eigenvalue weighted by atomic mass is 32.2. The Kier molecular flexibility index (Phi) is 5.67. The number of ether oxygens (including phenoxy) is 1. The minimum atomic E-state index is -3.37. The van der Waals surface area contributed by atoms with Gasteiger partial charge in [-0.2, -0.15) is 5.26 Å². The monoisotopic (exact) mass is 473 g/mol. The van der Waals surface area contributed by atoms with E-state index in [2.05, 4.69) is 25.3 Å². The Morgan fingerprint density at radius 2 is 1.88 bits per heavy atom. The highest BCUT2D eigenvalue weighted by Gasteiger charge is 2.31. The standard InChI is InChI=1S/C25H23N5O3S/c1-2-14-34(31,32)29-18-6-4-17(5-7-18)24-22(16-26)21-11-10-20(33-25-27-12-3-13-28-25)15-23(21)30(24)19-8-9-19/h3-7,10-13,15,19,29H,2,8-9,14H2,1H3. The van der Waals surface area contributed by atoms with Crippen LogP contribution in [0.1, 0.15) is 37.8 Å². The number of sulfonamides is 1. The summed E-state index contributed by atoms with van der Waals surface area (Å²) < 4.78 is 34.8. The van der Waals surface area contributed by atoms with Gasteiger partial charge < -0.3 is 9.30 Å². The molecule has 0 aliphatic heterocycles. The minimum Gasteiger partial charge on any atom is -0.424 e. The molecule has 8 nitrogen and oxygen atoms in total. The Balaban J connectivity index is 1.57. The number of aromatic nitrogens is 3. The Hall–Kier alpha value is -3.90. The van der Waals surface area contributed by atoms with Gasteiger partial charge in [0.05, 0.1) is 22.5 Å². The molecule has 5 rings (SSSR count). The molecule has 0 spiro atoms. The molecule has 1 saturated carbocycles. The fourth-order valence-corrected chi connectivity index (χ4v) is 5.24. The number of anilines is 1. The molecule has 9 heteroatoms. The van der Waals surface area contributed by atoms with Crippen molar-refractivity contribution in [2.24, 2.45) is 0 Å². The van der Waals surface area contributed by atoms with Gasteiger partial charge in [-0.05, 0) is 55.2 Å². The summed E-state index contributed by atoms with van der Waals surface area (Å²) >= 11 is 0. The molecule has 2 aromatic heterocycles. The minimum absolute atomic E-state index is 0.0711. The van der Waals surface area contributed by atoms with Gasteiger partial charge in [0.15, 0.2) is 0 Å². The maximum Gasteiger partial charge on any atom is 0.321 e. The van der Waals surface area contributed by atoms with E-state index in [1.54, 1.807) is 30.6 Å². The van der Waals surface area contributed by atoms with E-state index >= 15 is 0 Å². The van der Waals surface area contributed by atoms with Crippen LogP contribution in [0.25, 0.3) is 22.2 Å². The molecule has 1 aliphatic carbocycles. The van der Waals surface area contributed by atoms with Crippen LogP contribution >= 0.6 is 0 Å². The van der Waals surface area contributed by atoms with E-state index in [0.717, 1.165) is 35.0 Å². The zero-order valence-electron chi connectivity index (χ0n) is 18.6. The van der Waals surface area contributed by atoms with Gasteiger partial charge in [-0.25, -0.2) is 18.4 Å². The van der Waals surface area contributed by atoms with Crippen LogP contribution in [0.15, 0.2) is 60.9 Å². The summed E-state index contributed by atoms with van der Waals surface area (Å²) in [5.41, 5.74) is 3.69. The van der Waals surface area contributed by atoms with Crippen LogP contribution in [0, 0.1) is 11.3 Å². The zero-order valence-corrected chi connectivity index (χ0v) is 19.4. The van der Waals surface area contributed by atoms with Crippen molar-refractivity contribution in [3.8, 4) is 29.1 Å². The summed E-state index contributed by atoms with van der Waals surface area (Å²) in [5.74, 6) is 0.664. The van der Waals surface area contributed by atoms with Gasteiger partial charge >= 0.3 is 6.01 Å². The van der Waals surface area contributed by atoms with Crippen LogP contribution in [0.4, 0.5) is 5.69 Å². The van der Waals surface area contributed by atoms with Gasteiger partial charge in [0.25, 0.3) is 0 Å². The maximum absolute atomic E-state index is 12.1. The highest BCUT2D eigenvalue weighted by molar-refractivity contribution is 7.92. The first-order chi connectivity index (χ1) is 16.5. The van der Waals surface area contributed by atoms with Crippen molar-refractivity contribution in [3.63, 3.8) is 0 Å². The maximum atomic E-state index is 12.1. The largest absolute Gasteiger partial charge is 0.424 e. The van der Waals surface area contributed by atoms with E-state index in [-0.39, 0.29) is 11.8 Å². The van der Waals surface area contributed by atoms with Gasteiger partial charge in [-0.3, -0.25) is 4.72 Å². The second-order valence-electron chi connectivity index (χ2n) is 8.25. The number of rotatable bonds is 8. The Morgan fingerprint density at radius 1 is 1.15 bits per heavy atom. The molecule has 1 fully saturated rings. The fraction of sp³-hybridized carbons (Fsp3) is 0.240. The number of benzene rings is 2. The first-order valence-electron chi connectivity index (χ1n) is 11.1. The molecular weight excluding hydrogens is 450 g/mol. The predicted octanol–water partition coefficient (Wildman–Crippen LogP) is 5.25. The SMILES string of the molecule is CCCS(=O)(=O)Nc1ccc(-c2c(C#N)c3ccc(Oc4ncccn4)cc3n2C2CC2)cc1. The third-order valence-electron chi connectivity index (χ3n) is 5.66. The van der Waals surface area contributed by atoms with E-state index < -0.39 is 10.0 Å². The number of nitriles is 1. The molecule has 2 aromatic carbocycles. The van der Waals surface area contributed by atoms with Crippen LogP contribution in [0.5, 0.6) is 11.8 Å². The number of hydrogen-bond donors (Lipinski definition) is 1. The van der Waals surface area contributed by atoms with Crippen molar-refractivity contribution >= 4 is 26.6 Å². The van der Waals surface area contributed by atoms with Crippen molar-refractivity contribution in [1.82, 2.24) is 14.5 Å². The summed E-state index contributed by atoms with van der Waals surface area (Å²) in [7, 11) is -3.37. The number of fused-ring (bicyclic) bond motifs is 1. The van der Waals surface area contributed by atoms with Crippen molar-refractivity contribution in [1.29, 1.82) is 5.26 Å². The molecule has 1 aliphatic rings. The Labute approximate surface area is 197 Å². The number of nitrogens with one attached hydrogen (secondary N) is 1. The van der Waals surface area contributed by atoms with Gasteiger partial charge in [0, 0.05) is 35.6 Å². The predicted molar refractivity (Wildman–Crippen MR) is 130 cm³/mol. The molecule has 0 saturated heterocycles. The molecule has 0 radical (unpaired) electrons. The molecule has 172 valence electrons. The summed E-state index contributed by atoms with van der Waals surface area (Å²) in [6, 6.07) is 17.5. The van der Waals surface area contributed by atoms with Crippen LogP contribution in [0.2, 0.25) is 0 Å². The van der Waals surface area contributed by atoms with Crippen molar-refractivity contribution in [2.45, 2.75) is 32.2 Å². The average Bonchev–Trinajstić information content (AvgIpc) is 3.61. The smallest absolute Gasteiger partial charge is 0.321 e. The van der Waals surface area contributed by atoms with E-state index in [4.69, 9.17) is 4.74 Å². The molecule has 1 N–H and O–H groups in total. The van der Waals surface area contributed by atoms with Crippen LogP contribution in [-0.2, 0) is 10.0 Å². The molecule has 2 heterocycles. The molecule has 4 aromatic rings. The number of hydrogen-bond acceptors (Lipinski definition) is 6. The zero-order chi connectivity index (χ0) is 23.7. The Bertz CT molecular complexity index is 1490. The van der Waals surface area contributed by atoms with Gasteiger partial charge in [-0.15, -0.1) is 0 Å². The third-order valence-corrected chi connectivity index (χ3v) is 7.15. The average molecular weight is 474 g/mol. The molecule has 34 heavy (non-hydrogen) atoms. The molecular formula is C25H23N5O3S. The number of nitrogens with zero attached hydrogens (tertiary/aromatic N) is 4. The molecule has 0 unspecified atom stereocenters. The summed E-state index contributed by atoms with van der Waals surface area (Å²) in [6.07, 6.45) is 5.84. The van der Waals surface area contributed by atoms with Crippen molar-refractivity contribution in [2.75, 3.05) is 10.5 Å². The van der Waals surface area contributed by atoms with E-state index in [0.29, 0.717) is 29.5 Å². The van der Waals surface area contributed by atoms with E-state index in [1.165, 1.54) is 0 Å². The van der Waals surface area contributed by atoms with Gasteiger partial charge in [0.1, 0.15) is 11.8 Å². The van der Waals surface area contributed by atoms with Crippen LogP contribution < -0.4 is 9.46 Å². The molecule has 0 atom stereocenters. The molecule has 0 amide bonds. The van der Waals surface area contributed by atoms with Gasteiger partial charge in [0.2, 0.25) is 10.0 Å². The first kappa shape index (κ1) is 21.9. The van der Waals surface area contributed by atoms with Crippen molar-refractivity contribution < 1.29 is 13.2 Å². The lowest BCUT2D eigenvalue weighted by Crippen LogP contribution is -2.15. The quantitative estimate of drug-likeness (QED) is 0.374. The third kappa shape index (κ3) is 4.32. The lowest BCUT2D eigenvalue weighted by atomic mass is 10.1. The summed E-state index contributed by atoms with van der Waals surface area (Å²) in [4.78, 5) is 8.23. The van der Waals surface area contributed by atoms with Crippen LogP contribution in [0.3, 0.4) is 0 Å². The Morgan fingerprint density at radius 3 is 2.53 bits per heavy atom. The van der Waals surface area contributed by atoms with Gasteiger partial charge in [-0.1, -0.05) is 19.1 Å². The lowest BCUT2D eigenvalue weighted by Gasteiger charge is -2.12. The lowest BCUT2D eigenvalue weighted by molar-refractivity contribution is 0.442. The fourth-order valence-electron chi connectivity index (χ4n) is 4.10. The summed E-state index contributed by atoms with van der Waals surface area (Å²) in [6.45, 7) is 1.83. The second kappa shape index (κ2) is 8.80. The van der Waals surface area contributed by atoms with E-state index in [1.807, 2.05) is 37.3 Å². The highest BCUT2D eigenvalue weighted by Crippen LogP contribution is 2.45. The first-order valence-corrected chi connectivity index (χ1v) is 12.8. The molecule has 0 bridgehead atoms. The van der Waals surface area contributed by atoms with Crippen molar-refractivity contribution in [3.05, 3.63) is 66.5 Å². The van der Waals surface area contributed by atoms with Crippen LogP contribution in [-0.4, -0.2) is 28.7 Å². The topological polar surface area (TPSA) is 110 Å². The normalized spacial score (nSPS) is 13.5.